The van der Waals surface area contributed by atoms with Crippen molar-refractivity contribution in [2.45, 2.75) is 44.2 Å². The minimum absolute atomic E-state index is 0.0118. The number of rotatable bonds is 6. The van der Waals surface area contributed by atoms with E-state index in [1.807, 2.05) is 43.5 Å². The van der Waals surface area contributed by atoms with Gasteiger partial charge in [-0.25, -0.2) is 0 Å². The van der Waals surface area contributed by atoms with E-state index in [-0.39, 0.29) is 19.1 Å². The summed E-state index contributed by atoms with van der Waals surface area (Å²) in [4.78, 5) is 14.2. The van der Waals surface area contributed by atoms with Gasteiger partial charge in [0, 0.05) is 18.7 Å². The first-order valence-electron chi connectivity index (χ1n) is 9.24. The number of aromatic nitrogens is 2. The van der Waals surface area contributed by atoms with Crippen molar-refractivity contribution in [3.8, 4) is 5.75 Å². The Hall–Kier alpha value is -2.34. The van der Waals surface area contributed by atoms with Crippen LogP contribution in [0.2, 0.25) is 0 Å². The lowest BCUT2D eigenvalue weighted by atomic mass is 10.1. The summed E-state index contributed by atoms with van der Waals surface area (Å²) in [7, 11) is 0. The van der Waals surface area contributed by atoms with Gasteiger partial charge in [-0.2, -0.15) is 5.10 Å². The van der Waals surface area contributed by atoms with Crippen LogP contribution in [0.15, 0.2) is 36.5 Å². The van der Waals surface area contributed by atoms with E-state index in [0.717, 1.165) is 17.0 Å². The Bertz CT molecular complexity index is 799. The van der Waals surface area contributed by atoms with Gasteiger partial charge in [0.25, 0.3) is 0 Å². The van der Waals surface area contributed by atoms with Crippen LogP contribution < -0.4 is 4.74 Å². The molecule has 1 amide bonds. The highest BCUT2D eigenvalue weighted by Gasteiger charge is 2.39. The largest absolute Gasteiger partial charge is 0.490 e. The van der Waals surface area contributed by atoms with Crippen molar-refractivity contribution < 1.29 is 14.6 Å². The van der Waals surface area contributed by atoms with Crippen LogP contribution in [0.5, 0.6) is 5.75 Å². The average molecular weight is 355 g/mol. The first-order valence-corrected chi connectivity index (χ1v) is 9.24. The third-order valence-corrected chi connectivity index (χ3v) is 5.23. The molecule has 2 fully saturated rings. The van der Waals surface area contributed by atoms with Gasteiger partial charge in [-0.1, -0.05) is 18.2 Å². The summed E-state index contributed by atoms with van der Waals surface area (Å²) in [5.41, 5.74) is 1.12. The van der Waals surface area contributed by atoms with Gasteiger partial charge in [-0.05, 0) is 43.9 Å². The first kappa shape index (κ1) is 17.1. The zero-order valence-electron chi connectivity index (χ0n) is 15.1. The number of amides is 1. The lowest BCUT2D eigenvalue weighted by Gasteiger charge is -2.24. The van der Waals surface area contributed by atoms with Crippen LogP contribution in [0.1, 0.15) is 36.4 Å². The molecule has 1 N–H and O–H groups in total. The molecule has 0 radical (unpaired) electrons. The number of carbonyl (C=O) groups is 1. The van der Waals surface area contributed by atoms with Gasteiger partial charge in [0.1, 0.15) is 24.5 Å². The van der Waals surface area contributed by atoms with E-state index in [0.29, 0.717) is 25.4 Å². The van der Waals surface area contributed by atoms with Crippen LogP contribution in [0.3, 0.4) is 0 Å². The highest BCUT2D eigenvalue weighted by atomic mass is 16.5. The second-order valence-corrected chi connectivity index (χ2v) is 7.56. The number of hydrogen-bond acceptors (Lipinski definition) is 4. The summed E-state index contributed by atoms with van der Waals surface area (Å²) in [6.45, 7) is 3.23. The maximum absolute atomic E-state index is 12.5. The Morgan fingerprint density at radius 2 is 2.15 bits per heavy atom. The van der Waals surface area contributed by atoms with E-state index < -0.39 is 5.60 Å². The number of para-hydroxylation sites is 1. The molecule has 6 nitrogen and oxygen atoms in total. The molecule has 0 spiro atoms. The topological polar surface area (TPSA) is 67.6 Å². The number of benzene rings is 1. The molecule has 26 heavy (non-hydrogen) atoms. The molecule has 1 saturated heterocycles. The number of likely N-dealkylation sites (tertiary alicyclic amines) is 1. The molecule has 1 aliphatic carbocycles. The normalized spacial score (nSPS) is 22.6. The summed E-state index contributed by atoms with van der Waals surface area (Å²) in [5, 5.41) is 15.3. The highest BCUT2D eigenvalue weighted by molar-refractivity contribution is 5.76. The Morgan fingerprint density at radius 1 is 1.35 bits per heavy atom. The lowest BCUT2D eigenvalue weighted by Crippen LogP contribution is -2.41. The molecule has 1 aromatic carbocycles. The zero-order valence-corrected chi connectivity index (χ0v) is 15.1. The second-order valence-electron chi connectivity index (χ2n) is 7.56. The van der Waals surface area contributed by atoms with Crippen LogP contribution in [-0.2, 0) is 11.3 Å². The van der Waals surface area contributed by atoms with Gasteiger partial charge in [0.2, 0.25) is 5.91 Å². The van der Waals surface area contributed by atoms with Crippen molar-refractivity contribution >= 4 is 5.91 Å². The van der Waals surface area contributed by atoms with Crippen LogP contribution >= 0.6 is 0 Å². The van der Waals surface area contributed by atoms with E-state index in [1.54, 1.807) is 9.58 Å². The minimum atomic E-state index is -0.999. The molecule has 0 unspecified atom stereocenters. The van der Waals surface area contributed by atoms with Crippen molar-refractivity contribution in [3.63, 3.8) is 0 Å². The van der Waals surface area contributed by atoms with Gasteiger partial charge >= 0.3 is 0 Å². The van der Waals surface area contributed by atoms with Crippen molar-refractivity contribution in [2.75, 3.05) is 19.7 Å². The van der Waals surface area contributed by atoms with Crippen molar-refractivity contribution in [1.29, 1.82) is 0 Å². The summed E-state index contributed by atoms with van der Waals surface area (Å²) < 4.78 is 7.51. The maximum atomic E-state index is 12.5. The SMILES string of the molecule is Cc1ccccc1OC[C@@]1(O)CCN(C(=O)Cn2ccc(C3CC3)n2)C1. The highest BCUT2D eigenvalue weighted by Crippen LogP contribution is 2.38. The molecule has 2 aromatic rings. The Morgan fingerprint density at radius 3 is 2.92 bits per heavy atom. The van der Waals surface area contributed by atoms with Gasteiger partial charge < -0.3 is 14.7 Å². The number of carbonyl (C=O) groups excluding carboxylic acids is 1. The molecule has 1 atom stereocenters. The fraction of sp³-hybridized carbons (Fsp3) is 0.500. The predicted octanol–water partition coefficient (Wildman–Crippen LogP) is 2.11. The third kappa shape index (κ3) is 3.75. The predicted molar refractivity (Wildman–Crippen MR) is 97.0 cm³/mol. The van der Waals surface area contributed by atoms with E-state index in [4.69, 9.17) is 4.74 Å². The Labute approximate surface area is 153 Å². The maximum Gasteiger partial charge on any atom is 0.244 e. The molecule has 0 bridgehead atoms. The molecule has 1 aliphatic heterocycles. The minimum Gasteiger partial charge on any atom is -0.490 e. The van der Waals surface area contributed by atoms with Gasteiger partial charge in [0.15, 0.2) is 0 Å². The monoisotopic (exact) mass is 355 g/mol. The number of ether oxygens (including phenoxy) is 1. The average Bonchev–Trinajstić information content (AvgIpc) is 3.25. The molecule has 1 aromatic heterocycles. The van der Waals surface area contributed by atoms with Crippen LogP contribution in [0.4, 0.5) is 0 Å². The van der Waals surface area contributed by atoms with Crippen LogP contribution in [0, 0.1) is 6.92 Å². The second kappa shape index (κ2) is 6.76. The van der Waals surface area contributed by atoms with Crippen LogP contribution in [-0.4, -0.2) is 51.0 Å². The smallest absolute Gasteiger partial charge is 0.244 e. The summed E-state index contributed by atoms with van der Waals surface area (Å²) in [5.74, 6) is 1.35. The Kier molecular flexibility index (Phi) is 4.44. The lowest BCUT2D eigenvalue weighted by molar-refractivity contribution is -0.132. The van der Waals surface area contributed by atoms with E-state index in [2.05, 4.69) is 5.10 Å². The third-order valence-electron chi connectivity index (χ3n) is 5.23. The van der Waals surface area contributed by atoms with Gasteiger partial charge in [-0.3, -0.25) is 9.48 Å². The van der Waals surface area contributed by atoms with Crippen molar-refractivity contribution in [3.05, 3.63) is 47.8 Å². The summed E-state index contributed by atoms with van der Waals surface area (Å²) in [6.07, 6.45) is 4.79. The fourth-order valence-electron chi connectivity index (χ4n) is 3.42. The molecule has 2 heterocycles. The number of aryl methyl sites for hydroxylation is 1. The standard InChI is InChI=1S/C20H25N3O3/c1-15-4-2-3-5-18(15)26-14-20(25)9-11-22(13-20)19(24)12-23-10-8-17(21-23)16-6-7-16/h2-5,8,10,16,25H,6-7,9,11-14H2,1H3/t20-/m1/s1. The van der Waals surface area contributed by atoms with E-state index in [9.17, 15) is 9.90 Å². The summed E-state index contributed by atoms with van der Waals surface area (Å²) >= 11 is 0. The molecular formula is C20H25N3O3. The fourth-order valence-corrected chi connectivity index (χ4v) is 3.42. The molecule has 138 valence electrons. The molecular weight excluding hydrogens is 330 g/mol. The molecule has 6 heteroatoms. The molecule has 1 saturated carbocycles. The molecule has 2 aliphatic rings. The van der Waals surface area contributed by atoms with E-state index in [1.165, 1.54) is 12.8 Å². The molecule has 4 rings (SSSR count). The Balaban J connectivity index is 1.31. The number of nitrogens with zero attached hydrogens (tertiary/aromatic N) is 3. The van der Waals surface area contributed by atoms with Crippen LogP contribution in [0.25, 0.3) is 0 Å². The van der Waals surface area contributed by atoms with E-state index >= 15 is 0 Å². The zero-order chi connectivity index (χ0) is 18.1. The number of hydrogen-bond donors (Lipinski definition) is 1. The number of β-amino-alcohol motifs (C(OH)–C–C–N with tert-alkyl or cyclic N) is 1. The van der Waals surface area contributed by atoms with Gasteiger partial charge in [0.05, 0.1) is 12.2 Å². The van der Waals surface area contributed by atoms with Gasteiger partial charge in [-0.15, -0.1) is 0 Å². The summed E-state index contributed by atoms with van der Waals surface area (Å²) in [6, 6.07) is 9.74. The quantitative estimate of drug-likeness (QED) is 0.862. The van der Waals surface area contributed by atoms with Crippen molar-refractivity contribution in [1.82, 2.24) is 14.7 Å². The van der Waals surface area contributed by atoms with Crippen molar-refractivity contribution in [2.24, 2.45) is 0 Å². The first-order chi connectivity index (χ1) is 12.5. The number of aliphatic hydroxyl groups is 1.